The van der Waals surface area contributed by atoms with Gasteiger partial charge < -0.3 is 9.22 Å². The lowest BCUT2D eigenvalue weighted by atomic mass is 10.4. The van der Waals surface area contributed by atoms with Crippen LogP contribution in [0.15, 0.2) is 0 Å². The summed E-state index contributed by atoms with van der Waals surface area (Å²) in [6.07, 6.45) is 4.08. The van der Waals surface area contributed by atoms with Gasteiger partial charge in [-0.2, -0.15) is 13.2 Å². The first-order valence-electron chi connectivity index (χ1n) is 5.91. The van der Waals surface area contributed by atoms with E-state index < -0.39 is 6.68 Å². The van der Waals surface area contributed by atoms with E-state index in [0.29, 0.717) is 0 Å². The standard InChI is InChI=1S/C10H22NO.CHF3/c1-3-7-11(10-12-4-2)8-5-6-9-11;2-1(3)4/h3-10H2,1-2H3;1H/q+1;. The van der Waals surface area contributed by atoms with Gasteiger partial charge in [-0.3, -0.25) is 0 Å². The molecule has 0 amide bonds. The largest absolute Gasteiger partial charge is 0.379 e. The maximum Gasteiger partial charge on any atom is 0.379 e. The lowest BCUT2D eigenvalue weighted by molar-refractivity contribution is -0.935. The van der Waals surface area contributed by atoms with E-state index in [1.54, 1.807) is 0 Å². The lowest BCUT2D eigenvalue weighted by Gasteiger charge is -2.33. The minimum atomic E-state index is -3.67. The Bertz CT molecular complexity index is 159. The first-order valence-corrected chi connectivity index (χ1v) is 5.91. The predicted molar refractivity (Wildman–Crippen MR) is 58.0 cm³/mol. The van der Waals surface area contributed by atoms with Crippen molar-refractivity contribution in [1.29, 1.82) is 0 Å². The van der Waals surface area contributed by atoms with Gasteiger partial charge in [0.15, 0.2) is 6.73 Å². The van der Waals surface area contributed by atoms with Crippen LogP contribution in [-0.2, 0) is 4.74 Å². The number of rotatable bonds is 5. The summed E-state index contributed by atoms with van der Waals surface area (Å²) in [4.78, 5) is 0. The smallest absolute Gasteiger partial charge is 0.332 e. The molecule has 0 aromatic heterocycles. The fourth-order valence-electron chi connectivity index (χ4n) is 2.18. The van der Waals surface area contributed by atoms with Gasteiger partial charge in [0.05, 0.1) is 19.6 Å². The number of nitrogens with zero attached hydrogens (tertiary/aromatic N) is 1. The van der Waals surface area contributed by atoms with Crippen LogP contribution in [0.1, 0.15) is 33.1 Å². The van der Waals surface area contributed by atoms with Crippen molar-refractivity contribution in [3.05, 3.63) is 0 Å². The normalized spacial score (nSPS) is 18.4. The topological polar surface area (TPSA) is 9.23 Å². The minimum absolute atomic E-state index is 0.865. The highest BCUT2D eigenvalue weighted by molar-refractivity contribution is 4.52. The van der Waals surface area contributed by atoms with Crippen LogP contribution < -0.4 is 0 Å². The van der Waals surface area contributed by atoms with E-state index in [2.05, 4.69) is 13.8 Å². The summed E-state index contributed by atoms with van der Waals surface area (Å²) in [6.45, 7) is 6.48. The van der Waals surface area contributed by atoms with Crippen LogP contribution >= 0.6 is 0 Å². The monoisotopic (exact) mass is 242 g/mol. The molecule has 1 saturated heterocycles. The molecule has 1 aliphatic rings. The molecule has 0 spiro atoms. The molecule has 2 nitrogen and oxygen atoms in total. The second-order valence-electron chi connectivity index (χ2n) is 4.09. The molecule has 1 fully saturated rings. The number of alkyl halides is 3. The molecule has 1 heterocycles. The minimum Gasteiger partial charge on any atom is -0.332 e. The molecule has 5 heteroatoms. The summed E-state index contributed by atoms with van der Waals surface area (Å²) in [7, 11) is 0. The van der Waals surface area contributed by atoms with Gasteiger partial charge in [-0.25, -0.2) is 0 Å². The van der Waals surface area contributed by atoms with Crippen molar-refractivity contribution in [2.45, 2.75) is 39.8 Å². The Morgan fingerprint density at radius 2 is 1.62 bits per heavy atom. The quantitative estimate of drug-likeness (QED) is 0.673. The van der Waals surface area contributed by atoms with E-state index in [9.17, 15) is 13.2 Å². The zero-order chi connectivity index (χ0) is 12.4. The molecule has 1 aliphatic heterocycles. The second-order valence-corrected chi connectivity index (χ2v) is 4.09. The molecule has 0 atom stereocenters. The molecular weight excluding hydrogens is 219 g/mol. The van der Waals surface area contributed by atoms with Crippen molar-refractivity contribution in [3.63, 3.8) is 0 Å². The Balaban J connectivity index is 0.000000487. The van der Waals surface area contributed by atoms with Crippen LogP contribution in [0.3, 0.4) is 0 Å². The molecule has 0 aromatic rings. The molecule has 0 aromatic carbocycles. The number of halogens is 3. The highest BCUT2D eigenvalue weighted by Gasteiger charge is 2.30. The van der Waals surface area contributed by atoms with Gasteiger partial charge >= 0.3 is 6.68 Å². The molecule has 1 rings (SSSR count). The third-order valence-corrected chi connectivity index (χ3v) is 2.78. The lowest BCUT2D eigenvalue weighted by Crippen LogP contribution is -2.47. The van der Waals surface area contributed by atoms with Crippen LogP contribution in [-0.4, -0.2) is 44.1 Å². The van der Waals surface area contributed by atoms with Crippen molar-refractivity contribution in [2.75, 3.05) is 33.0 Å². The molecule has 98 valence electrons. The molecule has 0 unspecified atom stereocenters. The summed E-state index contributed by atoms with van der Waals surface area (Å²) in [5, 5.41) is 0. The summed E-state index contributed by atoms with van der Waals surface area (Å²) < 4.78 is 35.8. The van der Waals surface area contributed by atoms with Crippen molar-refractivity contribution >= 4 is 0 Å². The predicted octanol–water partition coefficient (Wildman–Crippen LogP) is 3.18. The van der Waals surface area contributed by atoms with Crippen molar-refractivity contribution in [1.82, 2.24) is 0 Å². The Morgan fingerprint density at radius 3 is 2.00 bits per heavy atom. The van der Waals surface area contributed by atoms with Gasteiger partial charge in [-0.15, -0.1) is 0 Å². The van der Waals surface area contributed by atoms with E-state index in [-0.39, 0.29) is 0 Å². The van der Waals surface area contributed by atoms with Crippen LogP contribution in [0.5, 0.6) is 0 Å². The number of hydrogen-bond donors (Lipinski definition) is 0. The van der Waals surface area contributed by atoms with E-state index in [0.717, 1.165) is 13.3 Å². The third kappa shape index (κ3) is 7.06. The molecule has 0 radical (unpaired) electrons. The van der Waals surface area contributed by atoms with Gasteiger partial charge in [-0.1, -0.05) is 6.92 Å². The molecule has 0 aliphatic carbocycles. The molecule has 0 saturated carbocycles. The molecule has 0 bridgehead atoms. The van der Waals surface area contributed by atoms with Gasteiger partial charge in [0.25, 0.3) is 0 Å². The molecule has 0 N–H and O–H groups in total. The summed E-state index contributed by atoms with van der Waals surface area (Å²) in [5.74, 6) is 0. The summed E-state index contributed by atoms with van der Waals surface area (Å²) >= 11 is 0. The maximum atomic E-state index is 9.67. The van der Waals surface area contributed by atoms with E-state index in [1.165, 1.54) is 43.4 Å². The highest BCUT2D eigenvalue weighted by atomic mass is 19.4. The van der Waals surface area contributed by atoms with E-state index in [1.807, 2.05) is 0 Å². The fraction of sp³-hybridized carbons (Fsp3) is 1.00. The van der Waals surface area contributed by atoms with E-state index in [4.69, 9.17) is 4.74 Å². The molecule has 16 heavy (non-hydrogen) atoms. The van der Waals surface area contributed by atoms with Gasteiger partial charge in [-0.05, 0) is 13.3 Å². The fourth-order valence-corrected chi connectivity index (χ4v) is 2.18. The number of hydrogen-bond acceptors (Lipinski definition) is 1. The Labute approximate surface area is 96.0 Å². The van der Waals surface area contributed by atoms with Gasteiger partial charge in [0.2, 0.25) is 0 Å². The molecular formula is C11H23F3NO+. The van der Waals surface area contributed by atoms with Crippen molar-refractivity contribution in [2.24, 2.45) is 0 Å². The van der Waals surface area contributed by atoms with Gasteiger partial charge in [0.1, 0.15) is 0 Å². The summed E-state index contributed by atoms with van der Waals surface area (Å²) in [6, 6.07) is 0. The maximum absolute atomic E-state index is 9.67. The van der Waals surface area contributed by atoms with Crippen LogP contribution in [0.25, 0.3) is 0 Å². The average Bonchev–Trinajstić information content (AvgIpc) is 2.64. The van der Waals surface area contributed by atoms with Crippen LogP contribution in [0.2, 0.25) is 0 Å². The van der Waals surface area contributed by atoms with Crippen molar-refractivity contribution in [3.8, 4) is 0 Å². The number of ether oxygens (including phenoxy) is 1. The average molecular weight is 242 g/mol. The van der Waals surface area contributed by atoms with E-state index >= 15 is 0 Å². The number of quaternary nitrogens is 1. The third-order valence-electron chi connectivity index (χ3n) is 2.78. The summed E-state index contributed by atoms with van der Waals surface area (Å²) in [5.41, 5.74) is 0. The van der Waals surface area contributed by atoms with Crippen molar-refractivity contribution < 1.29 is 22.4 Å². The number of likely N-dealkylation sites (tertiary alicyclic amines) is 1. The Hall–Kier alpha value is -0.290. The zero-order valence-electron chi connectivity index (χ0n) is 10.2. The van der Waals surface area contributed by atoms with Gasteiger partial charge in [0, 0.05) is 19.4 Å². The Kier molecular flexibility index (Phi) is 8.66. The first kappa shape index (κ1) is 15.7. The second kappa shape index (κ2) is 8.82. The Morgan fingerprint density at radius 1 is 1.12 bits per heavy atom. The van der Waals surface area contributed by atoms with Crippen LogP contribution in [0, 0.1) is 0 Å². The van der Waals surface area contributed by atoms with Crippen LogP contribution in [0.4, 0.5) is 13.2 Å². The first-order chi connectivity index (χ1) is 7.56. The highest BCUT2D eigenvalue weighted by Crippen LogP contribution is 2.19. The zero-order valence-corrected chi connectivity index (χ0v) is 10.2. The SMILES string of the molecule is CCC[N+]1(COCC)CCCC1.FC(F)F.